The first-order valence-electron chi connectivity index (χ1n) is 30.1. The molecule has 16 heteroatoms. The molecule has 2 saturated heterocycles. The molecular weight excluding hydrogens is 1020 g/mol. The van der Waals surface area contributed by atoms with Crippen molar-refractivity contribution >= 4 is 59.3 Å². The van der Waals surface area contributed by atoms with Gasteiger partial charge in [-0.05, 0) is 205 Å². The van der Waals surface area contributed by atoms with Gasteiger partial charge in [-0.25, -0.2) is 0 Å². The maximum absolute atomic E-state index is 14.8. The van der Waals surface area contributed by atoms with Gasteiger partial charge in [0.25, 0.3) is 0 Å². The van der Waals surface area contributed by atoms with Crippen LogP contribution in [0.2, 0.25) is 0 Å². The molecule has 12 atom stereocenters. The van der Waals surface area contributed by atoms with Gasteiger partial charge in [0, 0.05) is 46.7 Å². The third-order valence-corrected chi connectivity index (χ3v) is 25.6. The van der Waals surface area contributed by atoms with Gasteiger partial charge in [0.1, 0.15) is 42.4 Å². The molecule has 2 heterocycles. The lowest BCUT2D eigenvalue weighted by Gasteiger charge is -2.59. The van der Waals surface area contributed by atoms with Crippen molar-refractivity contribution in [2.24, 2.45) is 105 Å². The van der Waals surface area contributed by atoms with Crippen LogP contribution in [0.25, 0.3) is 0 Å². The van der Waals surface area contributed by atoms with Gasteiger partial charge in [-0.1, -0.05) is 0 Å². The molecule has 12 aliphatic carbocycles. The molecule has 0 N–H and O–H groups in total. The fraction of sp³-hybridized carbons (Fsp3) is 0.902. The summed E-state index contributed by atoms with van der Waals surface area (Å²) >= 11 is 3.19. The predicted molar refractivity (Wildman–Crippen MR) is 286 cm³/mol. The summed E-state index contributed by atoms with van der Waals surface area (Å²) in [6.07, 6.45) is 13.5. The topological polar surface area (TPSA) is 176 Å². The Hall–Kier alpha value is -2.56. The van der Waals surface area contributed by atoms with Gasteiger partial charge in [0.2, 0.25) is 0 Å². The Labute approximate surface area is 465 Å². The van der Waals surface area contributed by atoms with Crippen molar-refractivity contribution in [1.29, 1.82) is 0 Å². The molecule has 12 saturated carbocycles. The molecule has 2 aliphatic heterocycles. The Morgan fingerprint density at radius 1 is 0.506 bits per heavy atom. The smallest absolute Gasteiger partial charge is 0.313 e. The molecule has 0 aromatic rings. The van der Waals surface area contributed by atoms with Crippen molar-refractivity contribution in [2.45, 2.75) is 194 Å². The summed E-state index contributed by atoms with van der Waals surface area (Å²) in [7, 11) is 0. The maximum Gasteiger partial charge on any atom is 0.313 e. The van der Waals surface area contributed by atoms with Crippen LogP contribution in [0, 0.1) is 105 Å². The van der Waals surface area contributed by atoms with E-state index in [2.05, 4.69) is 13.8 Å². The minimum absolute atomic E-state index is 0.0716. The van der Waals surface area contributed by atoms with E-state index in [9.17, 15) is 28.8 Å². The number of hydrogen-bond acceptors (Lipinski definition) is 16. The summed E-state index contributed by atoms with van der Waals surface area (Å²) < 4.78 is 49.4. The van der Waals surface area contributed by atoms with Crippen LogP contribution in [-0.4, -0.2) is 114 Å². The molecule has 0 radical (unpaired) electrons. The Morgan fingerprint density at radius 3 is 1.31 bits per heavy atom. The standard InChI is InChI=1S/C61H88O14S2/c1-56(2,52(64)72-46-36-23-42-44(25-36)50(62)70-48(42)46)27-59(6,55(67)75-61(8)40-19-34-14-35(21-40)22-41(61)20-34)30-77-12-10-69-31-68-9-11-76-29-58(5,54(66)73-47-37-24-43-45(26-37)51(63)71-49(43)47)28-57(3,4)53(65)74-60(7)38-15-32-13-33(17-38)18-39(60)16-32/h32-49H,9-31H2,1-8H3. The van der Waals surface area contributed by atoms with Crippen LogP contribution < -0.4 is 0 Å². The number of carbonyl (C=O) groups is 6. The summed E-state index contributed by atoms with van der Waals surface area (Å²) in [5.74, 6) is 5.18. The number of esters is 6. The minimum Gasteiger partial charge on any atom is -0.458 e. The molecule has 0 spiro atoms. The maximum atomic E-state index is 14.8. The summed E-state index contributed by atoms with van der Waals surface area (Å²) in [5, 5.41) is 0. The Kier molecular flexibility index (Phi) is 14.4. The van der Waals surface area contributed by atoms with Crippen molar-refractivity contribution in [3.05, 3.63) is 0 Å². The largest absolute Gasteiger partial charge is 0.458 e. The van der Waals surface area contributed by atoms with Crippen LogP contribution >= 0.6 is 23.5 Å². The van der Waals surface area contributed by atoms with Gasteiger partial charge in [-0.3, -0.25) is 28.8 Å². The zero-order chi connectivity index (χ0) is 54.2. The van der Waals surface area contributed by atoms with Crippen LogP contribution in [0.15, 0.2) is 0 Å². The molecule has 0 aromatic carbocycles. The number of fused-ring (bicyclic) bond motifs is 2. The van der Waals surface area contributed by atoms with Crippen LogP contribution in [0.4, 0.5) is 0 Å². The van der Waals surface area contributed by atoms with Crippen LogP contribution in [0.3, 0.4) is 0 Å². The fourth-order valence-corrected chi connectivity index (χ4v) is 21.5. The van der Waals surface area contributed by atoms with Crippen molar-refractivity contribution in [2.75, 3.05) is 43.0 Å². The highest BCUT2D eigenvalue weighted by molar-refractivity contribution is 7.99. The van der Waals surface area contributed by atoms with Crippen molar-refractivity contribution in [3.63, 3.8) is 0 Å². The first-order valence-corrected chi connectivity index (χ1v) is 32.4. The molecule has 0 aromatic heterocycles. The van der Waals surface area contributed by atoms with Gasteiger partial charge in [0.05, 0.1) is 46.7 Å². The third kappa shape index (κ3) is 9.81. The van der Waals surface area contributed by atoms with E-state index < -0.39 is 51.2 Å². The lowest BCUT2D eigenvalue weighted by atomic mass is 9.50. The summed E-state index contributed by atoms with van der Waals surface area (Å²) in [6, 6.07) is 0. The molecule has 12 bridgehead atoms. The van der Waals surface area contributed by atoms with E-state index in [1.807, 2.05) is 41.5 Å². The predicted octanol–water partition coefficient (Wildman–Crippen LogP) is 9.79. The van der Waals surface area contributed by atoms with Crippen LogP contribution in [-0.2, 0) is 66.7 Å². The van der Waals surface area contributed by atoms with E-state index in [0.29, 0.717) is 72.7 Å². The number of hydrogen-bond donors (Lipinski definition) is 0. The molecule has 428 valence electrons. The highest BCUT2D eigenvalue weighted by Gasteiger charge is 2.66. The Bertz CT molecular complexity index is 2290. The average molecular weight is 1110 g/mol. The molecule has 14 aliphatic rings. The first-order chi connectivity index (χ1) is 36.4. The number of thioether (sulfide) groups is 2. The number of ether oxygens (including phenoxy) is 8. The SMILES string of the molecule is CC(C)(CC(C)(CSCCOCOCCSCC(C)(CC(C)(C)C(=O)OC1(C)C2CC3CC(C2)CC1C3)C(=O)OC1C2CC3C(=O)OC1C3C2)C(=O)OC1(C)C2CC3CC(C2)CC1C3)C(=O)OC1C2CC3C(=O)OC1C3C2. The Balaban J connectivity index is 0.628. The van der Waals surface area contributed by atoms with E-state index >= 15 is 0 Å². The van der Waals surface area contributed by atoms with Gasteiger partial charge in [-0.15, -0.1) is 0 Å². The molecule has 14 nitrogen and oxygen atoms in total. The summed E-state index contributed by atoms with van der Waals surface area (Å²) in [6.45, 7) is 16.6. The zero-order valence-corrected chi connectivity index (χ0v) is 48.8. The van der Waals surface area contributed by atoms with Crippen LogP contribution in [0.5, 0.6) is 0 Å². The fourth-order valence-electron chi connectivity index (χ4n) is 19.4. The molecule has 14 fully saturated rings. The molecular formula is C61H88O14S2. The van der Waals surface area contributed by atoms with Crippen LogP contribution in [0.1, 0.15) is 158 Å². The summed E-state index contributed by atoms with van der Waals surface area (Å²) in [5.41, 5.74) is -5.01. The quantitative estimate of drug-likeness (QED) is 0.0386. The van der Waals surface area contributed by atoms with E-state index in [0.717, 1.165) is 87.9 Å². The summed E-state index contributed by atoms with van der Waals surface area (Å²) in [4.78, 5) is 82.8. The highest BCUT2D eigenvalue weighted by Crippen LogP contribution is 2.63. The normalized spacial score (nSPS) is 43.5. The van der Waals surface area contributed by atoms with Gasteiger partial charge >= 0.3 is 35.8 Å². The van der Waals surface area contributed by atoms with Crippen molar-refractivity contribution in [1.82, 2.24) is 0 Å². The van der Waals surface area contributed by atoms with Gasteiger partial charge in [-0.2, -0.15) is 23.5 Å². The second kappa shape index (κ2) is 20.1. The first kappa shape index (κ1) is 55.0. The van der Waals surface area contributed by atoms with E-state index in [-0.39, 0.29) is 97.1 Å². The monoisotopic (exact) mass is 1110 g/mol. The minimum atomic E-state index is -1.04. The lowest BCUT2D eigenvalue weighted by Crippen LogP contribution is -2.59. The highest BCUT2D eigenvalue weighted by atomic mass is 32.2. The second-order valence-electron chi connectivity index (χ2n) is 29.6. The molecule has 77 heavy (non-hydrogen) atoms. The Morgan fingerprint density at radius 2 is 0.883 bits per heavy atom. The zero-order valence-electron chi connectivity index (χ0n) is 47.2. The average Bonchev–Trinajstić information content (AvgIpc) is 4.28. The lowest BCUT2D eigenvalue weighted by molar-refractivity contribution is -0.213. The molecule has 0 amide bonds. The number of rotatable bonds is 24. The van der Waals surface area contributed by atoms with E-state index in [1.165, 1.54) is 12.8 Å². The van der Waals surface area contributed by atoms with Gasteiger partial charge < -0.3 is 37.9 Å². The molecule has 14 rings (SSSR count). The van der Waals surface area contributed by atoms with Crippen molar-refractivity contribution < 1.29 is 66.7 Å². The molecule has 12 unspecified atom stereocenters. The van der Waals surface area contributed by atoms with E-state index in [4.69, 9.17) is 37.9 Å². The second-order valence-corrected chi connectivity index (χ2v) is 31.8. The third-order valence-electron chi connectivity index (χ3n) is 23.0. The van der Waals surface area contributed by atoms with Gasteiger partial charge in [0.15, 0.2) is 0 Å². The van der Waals surface area contributed by atoms with E-state index in [1.54, 1.807) is 23.5 Å². The number of carbonyl (C=O) groups excluding carboxylic acids is 6. The van der Waals surface area contributed by atoms with Crippen molar-refractivity contribution in [3.8, 4) is 0 Å².